The van der Waals surface area contributed by atoms with E-state index in [0.29, 0.717) is 35.1 Å². The third kappa shape index (κ3) is 5.95. The molecule has 2 aromatic carbocycles. The van der Waals surface area contributed by atoms with E-state index in [0.717, 1.165) is 5.56 Å². The second-order valence-electron chi connectivity index (χ2n) is 6.75. The molecule has 0 atom stereocenters. The van der Waals surface area contributed by atoms with E-state index in [1.165, 1.54) is 0 Å². The lowest BCUT2D eigenvalue weighted by Crippen LogP contribution is -2.33. The number of anilines is 1. The van der Waals surface area contributed by atoms with E-state index >= 15 is 0 Å². The van der Waals surface area contributed by atoms with Crippen LogP contribution in [-0.4, -0.2) is 29.8 Å². The molecule has 0 aliphatic heterocycles. The molecular weight excluding hydrogens is 402 g/mol. The highest BCUT2D eigenvalue weighted by Gasteiger charge is 2.16. The SMILES string of the molecule is CCN(CC(=O)Nc1ccccc1C(=O)NCc1ccco1)Cc1ccccc1Cl. The molecule has 0 aliphatic carbocycles. The molecule has 2 N–H and O–H groups in total. The van der Waals surface area contributed by atoms with Crippen molar-refractivity contribution < 1.29 is 14.0 Å². The van der Waals surface area contributed by atoms with Crippen molar-refractivity contribution in [2.75, 3.05) is 18.4 Å². The average molecular weight is 426 g/mol. The summed E-state index contributed by atoms with van der Waals surface area (Å²) in [5.74, 6) is 0.170. The summed E-state index contributed by atoms with van der Waals surface area (Å²) in [7, 11) is 0. The van der Waals surface area contributed by atoms with Gasteiger partial charge in [-0.15, -0.1) is 0 Å². The number of likely N-dealkylation sites (N-methyl/N-ethyl adjacent to an activating group) is 1. The Bertz CT molecular complexity index is 989. The standard InChI is InChI=1S/C23H24ClN3O3/c1-2-27(15-17-8-3-5-11-20(17)24)16-22(28)26-21-12-6-4-10-19(21)23(29)25-14-18-9-7-13-30-18/h3-13H,2,14-16H2,1H3,(H,25,29)(H,26,28). The van der Waals surface area contributed by atoms with E-state index in [9.17, 15) is 9.59 Å². The fourth-order valence-electron chi connectivity index (χ4n) is 3.01. The Morgan fingerprint density at radius 3 is 2.53 bits per heavy atom. The number of carbonyl (C=O) groups excluding carboxylic acids is 2. The second-order valence-corrected chi connectivity index (χ2v) is 7.16. The average Bonchev–Trinajstić information content (AvgIpc) is 3.27. The molecule has 3 rings (SSSR count). The van der Waals surface area contributed by atoms with E-state index in [1.54, 1.807) is 42.7 Å². The van der Waals surface area contributed by atoms with Crippen LogP contribution in [0.15, 0.2) is 71.3 Å². The minimum Gasteiger partial charge on any atom is -0.467 e. The summed E-state index contributed by atoms with van der Waals surface area (Å²) in [5.41, 5.74) is 1.83. The zero-order valence-corrected chi connectivity index (χ0v) is 17.5. The lowest BCUT2D eigenvalue weighted by molar-refractivity contribution is -0.117. The van der Waals surface area contributed by atoms with E-state index < -0.39 is 0 Å². The molecule has 6 nitrogen and oxygen atoms in total. The summed E-state index contributed by atoms with van der Waals surface area (Å²) in [6.45, 7) is 3.69. The second kappa shape index (κ2) is 10.6. The maximum Gasteiger partial charge on any atom is 0.253 e. The molecule has 0 bridgehead atoms. The number of furan rings is 1. The van der Waals surface area contributed by atoms with Gasteiger partial charge in [-0.25, -0.2) is 0 Å². The quantitative estimate of drug-likeness (QED) is 0.535. The van der Waals surface area contributed by atoms with Gasteiger partial charge in [0.2, 0.25) is 5.91 Å². The van der Waals surface area contributed by atoms with Crippen LogP contribution in [0.4, 0.5) is 5.69 Å². The Morgan fingerprint density at radius 2 is 1.80 bits per heavy atom. The molecular formula is C23H24ClN3O3. The summed E-state index contributed by atoms with van der Waals surface area (Å²) >= 11 is 6.24. The number of halogens is 1. The van der Waals surface area contributed by atoms with E-state index in [1.807, 2.05) is 36.1 Å². The number of nitrogens with zero attached hydrogens (tertiary/aromatic N) is 1. The normalized spacial score (nSPS) is 10.8. The van der Waals surface area contributed by atoms with E-state index in [2.05, 4.69) is 10.6 Å². The number of rotatable bonds is 9. The van der Waals surface area contributed by atoms with Gasteiger partial charge >= 0.3 is 0 Å². The first-order valence-corrected chi connectivity index (χ1v) is 10.1. The molecule has 7 heteroatoms. The van der Waals surface area contributed by atoms with Gasteiger partial charge in [0.05, 0.1) is 30.6 Å². The minimum absolute atomic E-state index is 0.185. The van der Waals surface area contributed by atoms with Crippen molar-refractivity contribution >= 4 is 29.1 Å². The lowest BCUT2D eigenvalue weighted by atomic mass is 10.1. The zero-order valence-electron chi connectivity index (χ0n) is 16.7. The van der Waals surface area contributed by atoms with Crippen LogP contribution >= 0.6 is 11.6 Å². The van der Waals surface area contributed by atoms with Crippen molar-refractivity contribution in [3.63, 3.8) is 0 Å². The van der Waals surface area contributed by atoms with Crippen molar-refractivity contribution in [3.8, 4) is 0 Å². The fourth-order valence-corrected chi connectivity index (χ4v) is 3.20. The molecule has 156 valence electrons. The number of amides is 2. The zero-order chi connectivity index (χ0) is 21.3. The Hall–Kier alpha value is -3.09. The van der Waals surface area contributed by atoms with Gasteiger partial charge in [0.25, 0.3) is 5.91 Å². The molecule has 1 aromatic heterocycles. The van der Waals surface area contributed by atoms with Crippen molar-refractivity contribution in [1.82, 2.24) is 10.2 Å². The van der Waals surface area contributed by atoms with Gasteiger partial charge in [-0.05, 0) is 42.4 Å². The van der Waals surface area contributed by atoms with Gasteiger partial charge in [0.15, 0.2) is 0 Å². The van der Waals surface area contributed by atoms with Crippen LogP contribution in [0, 0.1) is 0 Å². The smallest absolute Gasteiger partial charge is 0.253 e. The first kappa shape index (κ1) is 21.6. The monoisotopic (exact) mass is 425 g/mol. The predicted octanol–water partition coefficient (Wildman–Crippen LogP) is 4.32. The molecule has 0 saturated carbocycles. The van der Waals surface area contributed by atoms with Crippen molar-refractivity contribution in [1.29, 1.82) is 0 Å². The van der Waals surface area contributed by atoms with Gasteiger partial charge < -0.3 is 15.1 Å². The topological polar surface area (TPSA) is 74.6 Å². The maximum atomic E-state index is 12.6. The lowest BCUT2D eigenvalue weighted by Gasteiger charge is -2.21. The third-order valence-electron chi connectivity index (χ3n) is 4.62. The molecule has 0 saturated heterocycles. The largest absolute Gasteiger partial charge is 0.467 e. The van der Waals surface area contributed by atoms with Crippen molar-refractivity contribution in [3.05, 3.63) is 88.8 Å². The summed E-state index contributed by atoms with van der Waals surface area (Å²) in [5, 5.41) is 6.32. The van der Waals surface area contributed by atoms with E-state index in [4.69, 9.17) is 16.0 Å². The number of hydrogen-bond acceptors (Lipinski definition) is 4. The molecule has 30 heavy (non-hydrogen) atoms. The summed E-state index contributed by atoms with van der Waals surface area (Å²) in [6, 6.07) is 18.1. The fraction of sp³-hybridized carbons (Fsp3) is 0.217. The van der Waals surface area contributed by atoms with Crippen LogP contribution in [0.25, 0.3) is 0 Å². The van der Waals surface area contributed by atoms with Gasteiger partial charge in [0.1, 0.15) is 5.76 Å². The van der Waals surface area contributed by atoms with Gasteiger partial charge in [-0.2, -0.15) is 0 Å². The predicted molar refractivity (Wildman–Crippen MR) is 117 cm³/mol. The number of nitrogens with one attached hydrogen (secondary N) is 2. The first-order valence-electron chi connectivity index (χ1n) is 9.72. The molecule has 2 amide bonds. The van der Waals surface area contributed by atoms with Crippen LogP contribution < -0.4 is 10.6 Å². The first-order chi connectivity index (χ1) is 14.6. The third-order valence-corrected chi connectivity index (χ3v) is 4.98. The van der Waals surface area contributed by atoms with Crippen LogP contribution in [0.5, 0.6) is 0 Å². The van der Waals surface area contributed by atoms with Crippen LogP contribution in [0.1, 0.15) is 28.6 Å². The molecule has 0 radical (unpaired) electrons. The highest BCUT2D eigenvalue weighted by atomic mass is 35.5. The molecule has 0 spiro atoms. The molecule has 0 aliphatic rings. The number of carbonyl (C=O) groups is 2. The van der Waals surface area contributed by atoms with Gasteiger partial charge in [-0.1, -0.05) is 48.9 Å². The highest BCUT2D eigenvalue weighted by molar-refractivity contribution is 6.31. The van der Waals surface area contributed by atoms with E-state index in [-0.39, 0.29) is 24.9 Å². The Labute approximate surface area is 180 Å². The molecule has 0 fully saturated rings. The Morgan fingerprint density at radius 1 is 1.03 bits per heavy atom. The van der Waals surface area contributed by atoms with Crippen LogP contribution in [0.3, 0.4) is 0 Å². The van der Waals surface area contributed by atoms with Gasteiger partial charge in [-0.3, -0.25) is 14.5 Å². The molecule has 0 unspecified atom stereocenters. The molecule has 1 heterocycles. The van der Waals surface area contributed by atoms with Crippen molar-refractivity contribution in [2.24, 2.45) is 0 Å². The molecule has 3 aromatic rings. The number of benzene rings is 2. The summed E-state index contributed by atoms with van der Waals surface area (Å²) in [6.07, 6.45) is 1.55. The van der Waals surface area contributed by atoms with Crippen LogP contribution in [-0.2, 0) is 17.9 Å². The van der Waals surface area contributed by atoms with Crippen LogP contribution in [0.2, 0.25) is 5.02 Å². The van der Waals surface area contributed by atoms with Gasteiger partial charge in [0, 0.05) is 11.6 Å². The Balaban J connectivity index is 1.61. The number of hydrogen-bond donors (Lipinski definition) is 2. The maximum absolute atomic E-state index is 12.6. The number of para-hydroxylation sites is 1. The summed E-state index contributed by atoms with van der Waals surface area (Å²) in [4.78, 5) is 27.2. The summed E-state index contributed by atoms with van der Waals surface area (Å²) < 4.78 is 5.23. The Kier molecular flexibility index (Phi) is 7.65. The highest BCUT2D eigenvalue weighted by Crippen LogP contribution is 2.18. The van der Waals surface area contributed by atoms with Crippen molar-refractivity contribution in [2.45, 2.75) is 20.0 Å². The minimum atomic E-state index is -0.286.